The first-order valence-electron chi connectivity index (χ1n) is 5.48. The van der Waals surface area contributed by atoms with E-state index >= 15 is 0 Å². The van der Waals surface area contributed by atoms with Crippen LogP contribution in [0.3, 0.4) is 0 Å². The van der Waals surface area contributed by atoms with E-state index in [2.05, 4.69) is 28.0 Å². The van der Waals surface area contributed by atoms with Gasteiger partial charge >= 0.3 is 0 Å². The quantitative estimate of drug-likeness (QED) is 0.433. The van der Waals surface area contributed by atoms with Crippen molar-refractivity contribution in [1.29, 1.82) is 5.26 Å². The Morgan fingerprint density at radius 3 is 3.06 bits per heavy atom. The Morgan fingerprint density at radius 1 is 1.62 bits per heavy atom. The number of aliphatic imine (C=N–C) groups is 1. The fourth-order valence-electron chi connectivity index (χ4n) is 2.43. The third-order valence-corrected chi connectivity index (χ3v) is 3.31. The largest absolute Gasteiger partial charge is 0.370 e. The van der Waals surface area contributed by atoms with Crippen LogP contribution in [0.15, 0.2) is 28.5 Å². The lowest BCUT2D eigenvalue weighted by molar-refractivity contribution is 0.0915. The van der Waals surface area contributed by atoms with E-state index in [1.54, 1.807) is 0 Å². The van der Waals surface area contributed by atoms with Crippen LogP contribution in [-0.4, -0.2) is 37.3 Å². The molecule has 4 nitrogen and oxygen atoms in total. The molecule has 0 radical (unpaired) electrons. The van der Waals surface area contributed by atoms with E-state index in [-0.39, 0.29) is 0 Å². The Labute approximate surface area is 96.0 Å². The molecule has 0 aromatic heterocycles. The Bertz CT molecular complexity index is 388. The van der Waals surface area contributed by atoms with Crippen molar-refractivity contribution in [2.75, 3.05) is 19.6 Å². The first kappa shape index (κ1) is 10.9. The molecule has 0 aromatic rings. The zero-order chi connectivity index (χ0) is 11.5. The van der Waals surface area contributed by atoms with Crippen molar-refractivity contribution in [1.82, 2.24) is 10.2 Å². The summed E-state index contributed by atoms with van der Waals surface area (Å²) in [6.07, 6.45) is 3.37. The molecule has 4 heteroatoms. The van der Waals surface area contributed by atoms with Crippen molar-refractivity contribution in [2.24, 2.45) is 10.9 Å². The fourth-order valence-corrected chi connectivity index (χ4v) is 2.43. The second-order valence-corrected chi connectivity index (χ2v) is 4.30. The van der Waals surface area contributed by atoms with Crippen LogP contribution in [0.2, 0.25) is 0 Å². The number of hydrogen-bond acceptors (Lipinski definition) is 4. The van der Waals surface area contributed by atoms with Crippen LogP contribution in [0.25, 0.3) is 0 Å². The zero-order valence-corrected chi connectivity index (χ0v) is 9.48. The number of nitrogens with zero attached hydrogens (tertiary/aromatic N) is 3. The topological polar surface area (TPSA) is 51.4 Å². The minimum absolute atomic E-state index is 0.557. The van der Waals surface area contributed by atoms with Crippen LogP contribution < -0.4 is 5.32 Å². The molecular formula is C12H16N4. The van der Waals surface area contributed by atoms with Gasteiger partial charge in [-0.1, -0.05) is 0 Å². The molecule has 2 aliphatic rings. The lowest BCUT2D eigenvalue weighted by atomic mass is 9.91. The first-order valence-corrected chi connectivity index (χ1v) is 5.48. The van der Waals surface area contributed by atoms with Crippen molar-refractivity contribution in [3.05, 3.63) is 23.5 Å². The van der Waals surface area contributed by atoms with Gasteiger partial charge in [-0.05, 0) is 19.7 Å². The maximum absolute atomic E-state index is 8.88. The summed E-state index contributed by atoms with van der Waals surface area (Å²) < 4.78 is 0. The minimum Gasteiger partial charge on any atom is -0.370 e. The van der Waals surface area contributed by atoms with Crippen LogP contribution in [0.5, 0.6) is 0 Å². The second kappa shape index (κ2) is 4.50. The number of fused-ring (bicyclic) bond motifs is 1. The molecule has 0 aromatic carbocycles. The summed E-state index contributed by atoms with van der Waals surface area (Å²) in [5.41, 5.74) is 1.70. The Hall–Kier alpha value is -1.60. The third-order valence-electron chi connectivity index (χ3n) is 3.31. The molecule has 2 heterocycles. The summed E-state index contributed by atoms with van der Waals surface area (Å²) >= 11 is 0. The summed E-state index contributed by atoms with van der Waals surface area (Å²) in [6, 6.07) is 2.72. The number of hydrogen-bond donors (Lipinski definition) is 1. The van der Waals surface area contributed by atoms with Gasteiger partial charge in [0.05, 0.1) is 5.57 Å². The number of nitrogens with one attached hydrogen (secondary N) is 1. The van der Waals surface area contributed by atoms with Crippen LogP contribution in [-0.2, 0) is 0 Å². The van der Waals surface area contributed by atoms with E-state index < -0.39 is 0 Å². The Morgan fingerprint density at radius 2 is 2.44 bits per heavy atom. The monoisotopic (exact) mass is 216 g/mol. The summed E-state index contributed by atoms with van der Waals surface area (Å²) in [6.45, 7) is 8.68. The van der Waals surface area contributed by atoms with Crippen LogP contribution in [0, 0.1) is 17.2 Å². The van der Waals surface area contributed by atoms with Crippen molar-refractivity contribution in [3.8, 4) is 6.07 Å². The number of rotatable bonds is 3. The highest BCUT2D eigenvalue weighted by atomic mass is 15.3. The van der Waals surface area contributed by atoms with E-state index in [0.717, 1.165) is 31.2 Å². The highest BCUT2D eigenvalue weighted by Gasteiger charge is 2.41. The normalized spacial score (nSPS) is 29.4. The molecule has 2 saturated heterocycles. The highest BCUT2D eigenvalue weighted by molar-refractivity contribution is 5.38. The summed E-state index contributed by atoms with van der Waals surface area (Å²) in [5.74, 6) is 0.787. The number of allylic oxidation sites excluding steroid dienone is 3. The van der Waals surface area contributed by atoms with E-state index in [1.807, 2.05) is 13.0 Å². The van der Waals surface area contributed by atoms with Crippen molar-refractivity contribution in [3.63, 3.8) is 0 Å². The number of nitriles is 1. The molecule has 2 atom stereocenters. The molecule has 16 heavy (non-hydrogen) atoms. The highest BCUT2D eigenvalue weighted by Crippen LogP contribution is 2.31. The minimum atomic E-state index is 0.557. The maximum atomic E-state index is 8.88. The van der Waals surface area contributed by atoms with Gasteiger partial charge in [-0.25, -0.2) is 0 Å². The van der Waals surface area contributed by atoms with Crippen LogP contribution in [0.4, 0.5) is 0 Å². The summed E-state index contributed by atoms with van der Waals surface area (Å²) in [5, 5.41) is 12.3. The molecule has 2 rings (SSSR count). The molecular weight excluding hydrogens is 200 g/mol. The smallest absolute Gasteiger partial charge is 0.101 e. The van der Waals surface area contributed by atoms with Gasteiger partial charge in [-0.15, -0.1) is 0 Å². The van der Waals surface area contributed by atoms with Crippen LogP contribution in [0.1, 0.15) is 6.92 Å². The molecule has 1 N–H and O–H groups in total. The van der Waals surface area contributed by atoms with E-state index in [4.69, 9.17) is 5.26 Å². The van der Waals surface area contributed by atoms with Crippen molar-refractivity contribution < 1.29 is 0 Å². The third kappa shape index (κ3) is 1.86. The van der Waals surface area contributed by atoms with Gasteiger partial charge in [-0.3, -0.25) is 4.99 Å². The average molecular weight is 216 g/mol. The molecule has 0 amide bonds. The van der Waals surface area contributed by atoms with Crippen molar-refractivity contribution >= 4 is 6.72 Å². The fraction of sp³-hybridized carbons (Fsp3) is 0.500. The van der Waals surface area contributed by atoms with E-state index in [1.165, 1.54) is 6.20 Å². The molecule has 84 valence electrons. The lowest BCUT2D eigenvalue weighted by Gasteiger charge is -2.46. The van der Waals surface area contributed by atoms with E-state index in [0.29, 0.717) is 11.6 Å². The Kier molecular flexibility index (Phi) is 3.07. The lowest BCUT2D eigenvalue weighted by Crippen LogP contribution is -2.54. The molecule has 2 aliphatic heterocycles. The van der Waals surface area contributed by atoms with Gasteiger partial charge in [0.15, 0.2) is 0 Å². The summed E-state index contributed by atoms with van der Waals surface area (Å²) in [4.78, 5) is 5.97. The van der Waals surface area contributed by atoms with Gasteiger partial charge in [0, 0.05) is 43.5 Å². The molecule has 0 bridgehead atoms. The van der Waals surface area contributed by atoms with Crippen molar-refractivity contribution in [2.45, 2.75) is 13.0 Å². The van der Waals surface area contributed by atoms with Crippen LogP contribution >= 0.6 is 0 Å². The molecule has 2 fully saturated rings. The first-order chi connectivity index (χ1) is 7.76. The summed E-state index contributed by atoms with van der Waals surface area (Å²) in [7, 11) is 0. The Balaban J connectivity index is 2.05. The second-order valence-electron chi connectivity index (χ2n) is 4.30. The van der Waals surface area contributed by atoms with Gasteiger partial charge in [0.2, 0.25) is 0 Å². The van der Waals surface area contributed by atoms with Gasteiger partial charge in [0.1, 0.15) is 6.07 Å². The molecule has 0 aliphatic carbocycles. The number of likely N-dealkylation sites (tertiary alicyclic amines) is 1. The predicted octanol–water partition coefficient (Wildman–Crippen LogP) is 0.902. The van der Waals surface area contributed by atoms with Gasteiger partial charge in [-0.2, -0.15) is 5.26 Å². The van der Waals surface area contributed by atoms with E-state index in [9.17, 15) is 0 Å². The molecule has 0 spiro atoms. The van der Waals surface area contributed by atoms with Gasteiger partial charge in [0.25, 0.3) is 0 Å². The SMILES string of the molecule is C=N/C=C(C#N)\C=C(/C)N1C[C@@H]2CNC[C@@H]21. The standard InChI is InChI=1S/C12H16N4/c1-9(3-10(4-13)5-14-2)16-8-11-6-15-7-12(11)16/h3,5,11-12,15H,2,6-8H2,1H3/b9-3+,10-5+/t11-,12-/m0/s1. The maximum Gasteiger partial charge on any atom is 0.101 e. The molecule has 0 saturated carbocycles. The molecule has 0 unspecified atom stereocenters. The predicted molar refractivity (Wildman–Crippen MR) is 63.9 cm³/mol. The zero-order valence-electron chi connectivity index (χ0n) is 9.48. The van der Waals surface area contributed by atoms with Gasteiger partial charge < -0.3 is 10.2 Å². The average Bonchev–Trinajstić information content (AvgIpc) is 2.59.